The van der Waals surface area contributed by atoms with Gasteiger partial charge in [0.25, 0.3) is 0 Å². The number of hydrogen-bond donors (Lipinski definition) is 2. The molecule has 6 nitrogen and oxygen atoms in total. The van der Waals surface area contributed by atoms with Crippen molar-refractivity contribution in [2.24, 2.45) is 0 Å². The molecule has 1 aliphatic carbocycles. The Balaban J connectivity index is 1.29. The lowest BCUT2D eigenvalue weighted by atomic mass is 10.0. The predicted molar refractivity (Wildman–Crippen MR) is 100 cm³/mol. The number of amides is 1. The molecule has 2 saturated heterocycles. The molecular formula is C21H22F3N3O3. The predicted octanol–water partition coefficient (Wildman–Crippen LogP) is 2.67. The molecule has 3 unspecified atom stereocenters. The number of carbonyl (C=O) groups excluding carboxylic acids is 1. The van der Waals surface area contributed by atoms with Crippen molar-refractivity contribution in [2.45, 2.75) is 50.6 Å². The molecule has 2 bridgehead atoms. The summed E-state index contributed by atoms with van der Waals surface area (Å²) in [5.41, 5.74) is 0.625. The molecule has 0 spiro atoms. The molecule has 3 aliphatic heterocycles. The molecule has 3 atom stereocenters. The van der Waals surface area contributed by atoms with Crippen LogP contribution < -0.4 is 5.32 Å². The molecule has 0 radical (unpaired) electrons. The second-order valence-corrected chi connectivity index (χ2v) is 8.26. The van der Waals surface area contributed by atoms with Crippen LogP contribution in [0.1, 0.15) is 31.2 Å². The van der Waals surface area contributed by atoms with Crippen molar-refractivity contribution in [3.8, 4) is 0 Å². The topological polar surface area (TPSA) is 65.0 Å². The van der Waals surface area contributed by atoms with Gasteiger partial charge in [-0.15, -0.1) is 0 Å². The molecule has 0 aromatic heterocycles. The van der Waals surface area contributed by atoms with E-state index in [0.717, 1.165) is 25.0 Å². The van der Waals surface area contributed by atoms with E-state index in [9.17, 15) is 23.1 Å². The van der Waals surface area contributed by atoms with Crippen molar-refractivity contribution in [1.82, 2.24) is 15.1 Å². The Labute approximate surface area is 171 Å². The zero-order valence-corrected chi connectivity index (χ0v) is 16.2. The number of ether oxygens (including phenoxy) is 1. The highest BCUT2D eigenvalue weighted by Crippen LogP contribution is 2.39. The molecular weight excluding hydrogens is 399 g/mol. The highest BCUT2D eigenvalue weighted by atomic mass is 19.1. The van der Waals surface area contributed by atoms with Crippen LogP contribution in [0.3, 0.4) is 0 Å². The van der Waals surface area contributed by atoms with Gasteiger partial charge in [0.2, 0.25) is 5.91 Å². The Morgan fingerprint density at radius 2 is 2.00 bits per heavy atom. The first-order valence-electron chi connectivity index (χ1n) is 10.1. The van der Waals surface area contributed by atoms with E-state index in [2.05, 4.69) is 10.2 Å². The average molecular weight is 421 g/mol. The summed E-state index contributed by atoms with van der Waals surface area (Å²) in [7, 11) is 0. The minimum Gasteiger partial charge on any atom is -0.510 e. The molecule has 1 saturated carbocycles. The van der Waals surface area contributed by atoms with E-state index < -0.39 is 35.5 Å². The van der Waals surface area contributed by atoms with Gasteiger partial charge < -0.3 is 20.1 Å². The molecule has 1 aromatic rings. The first kappa shape index (κ1) is 19.4. The maximum absolute atomic E-state index is 13.8. The summed E-state index contributed by atoms with van der Waals surface area (Å²) in [4.78, 5) is 16.7. The summed E-state index contributed by atoms with van der Waals surface area (Å²) >= 11 is 0. The second kappa shape index (κ2) is 7.31. The second-order valence-electron chi connectivity index (χ2n) is 8.26. The van der Waals surface area contributed by atoms with E-state index in [1.165, 1.54) is 0 Å². The van der Waals surface area contributed by atoms with Gasteiger partial charge in [-0.2, -0.15) is 0 Å². The van der Waals surface area contributed by atoms with E-state index >= 15 is 0 Å². The van der Waals surface area contributed by atoms with Crippen LogP contribution in [-0.4, -0.2) is 52.3 Å². The Hall–Kier alpha value is -2.52. The van der Waals surface area contributed by atoms with Gasteiger partial charge in [-0.1, -0.05) is 0 Å². The van der Waals surface area contributed by atoms with E-state index in [-0.39, 0.29) is 30.1 Å². The van der Waals surface area contributed by atoms with Gasteiger partial charge in [0, 0.05) is 55.0 Å². The van der Waals surface area contributed by atoms with E-state index in [4.69, 9.17) is 4.74 Å². The van der Waals surface area contributed by atoms with Gasteiger partial charge in [0.15, 0.2) is 0 Å². The van der Waals surface area contributed by atoms with E-state index in [1.54, 1.807) is 6.20 Å². The van der Waals surface area contributed by atoms with Crippen LogP contribution in [0.2, 0.25) is 0 Å². The summed E-state index contributed by atoms with van der Waals surface area (Å²) in [6, 6.07) is 1.61. The quantitative estimate of drug-likeness (QED) is 0.786. The van der Waals surface area contributed by atoms with Crippen LogP contribution in [-0.2, 0) is 16.1 Å². The Kier molecular flexibility index (Phi) is 4.74. The number of fused-ring (bicyclic) bond motifs is 5. The Morgan fingerprint density at radius 3 is 2.77 bits per heavy atom. The van der Waals surface area contributed by atoms with Crippen molar-refractivity contribution in [2.75, 3.05) is 13.1 Å². The zero-order valence-electron chi connectivity index (χ0n) is 16.2. The van der Waals surface area contributed by atoms with Crippen LogP contribution in [0, 0.1) is 17.5 Å². The molecule has 5 rings (SSSR count). The largest absolute Gasteiger partial charge is 0.510 e. The average Bonchev–Trinajstić information content (AvgIpc) is 3.08. The lowest BCUT2D eigenvalue weighted by Gasteiger charge is -2.48. The normalized spacial score (nSPS) is 28.2. The molecule has 30 heavy (non-hydrogen) atoms. The minimum atomic E-state index is -1.06. The number of aliphatic hydroxyl groups is 1. The number of allylic oxidation sites excluding steroid dienone is 1. The zero-order chi connectivity index (χ0) is 21.0. The maximum atomic E-state index is 13.8. The smallest absolute Gasteiger partial charge is 0.249 e. The summed E-state index contributed by atoms with van der Waals surface area (Å²) in [5.74, 6) is -3.57. The third kappa shape index (κ3) is 3.35. The lowest BCUT2D eigenvalue weighted by molar-refractivity contribution is -0.154. The fourth-order valence-corrected chi connectivity index (χ4v) is 4.86. The third-order valence-corrected chi connectivity index (χ3v) is 6.40. The van der Waals surface area contributed by atoms with Crippen LogP contribution in [0.15, 0.2) is 35.4 Å². The molecule has 160 valence electrons. The molecule has 1 aromatic carbocycles. The number of hydrogen-bond acceptors (Lipinski definition) is 5. The number of nitrogens with one attached hydrogen (secondary N) is 1. The summed E-state index contributed by atoms with van der Waals surface area (Å²) in [6.45, 7) is 0.643. The van der Waals surface area contributed by atoms with Gasteiger partial charge >= 0.3 is 0 Å². The SMILES string of the molecule is O=C(NCc1c(F)cc(F)cc1F)C1=CN2CC3OC4CCC(C4)N3CC2=C(O)C1. The summed E-state index contributed by atoms with van der Waals surface area (Å²) in [6.07, 6.45) is 5.04. The molecule has 1 amide bonds. The van der Waals surface area contributed by atoms with Crippen molar-refractivity contribution in [1.29, 1.82) is 0 Å². The highest BCUT2D eigenvalue weighted by molar-refractivity contribution is 5.94. The Morgan fingerprint density at radius 1 is 1.23 bits per heavy atom. The van der Waals surface area contributed by atoms with Crippen molar-refractivity contribution in [3.05, 3.63) is 58.4 Å². The van der Waals surface area contributed by atoms with Crippen LogP contribution in [0.5, 0.6) is 0 Å². The van der Waals surface area contributed by atoms with Crippen LogP contribution >= 0.6 is 0 Å². The Bertz CT molecular complexity index is 941. The lowest BCUT2D eigenvalue weighted by Crippen LogP contribution is -2.58. The molecule has 3 fully saturated rings. The first-order valence-corrected chi connectivity index (χ1v) is 10.1. The van der Waals surface area contributed by atoms with Crippen LogP contribution in [0.25, 0.3) is 0 Å². The van der Waals surface area contributed by atoms with E-state index in [0.29, 0.717) is 31.3 Å². The number of nitrogens with zero attached hydrogens (tertiary/aromatic N) is 2. The number of rotatable bonds is 3. The molecule has 3 heterocycles. The van der Waals surface area contributed by atoms with Gasteiger partial charge in [0.1, 0.15) is 29.4 Å². The van der Waals surface area contributed by atoms with E-state index in [1.807, 2.05) is 4.90 Å². The monoisotopic (exact) mass is 421 g/mol. The molecule has 9 heteroatoms. The maximum Gasteiger partial charge on any atom is 0.249 e. The molecule has 2 N–H and O–H groups in total. The number of benzene rings is 1. The minimum absolute atomic E-state index is 0.0404. The number of aliphatic hydroxyl groups excluding tert-OH is 1. The van der Waals surface area contributed by atoms with Gasteiger partial charge in [0.05, 0.1) is 18.3 Å². The number of carbonyl (C=O) groups is 1. The third-order valence-electron chi connectivity index (χ3n) is 6.40. The standard InChI is InChI=1S/C21H22F3N3O3/c22-12-4-16(23)15(17(24)5-12)7-25-21(29)11-3-19(28)18-9-27-13-1-2-14(6-13)30-20(27)10-26(18)8-11/h4-5,8,13-14,20,28H,1-3,6-7,9-10H2,(H,25,29). The number of piperazine rings is 1. The fraction of sp³-hybridized carbons (Fsp3) is 0.476. The van der Waals surface area contributed by atoms with Gasteiger partial charge in [-0.05, 0) is 19.3 Å². The fourth-order valence-electron chi connectivity index (χ4n) is 4.86. The summed E-state index contributed by atoms with van der Waals surface area (Å²) < 4.78 is 46.8. The first-order chi connectivity index (χ1) is 14.4. The molecule has 4 aliphatic rings. The number of halogens is 3. The van der Waals surface area contributed by atoms with Crippen molar-refractivity contribution >= 4 is 5.91 Å². The van der Waals surface area contributed by atoms with Crippen LogP contribution in [0.4, 0.5) is 13.2 Å². The van der Waals surface area contributed by atoms with Gasteiger partial charge in [-0.25, -0.2) is 13.2 Å². The summed E-state index contributed by atoms with van der Waals surface area (Å²) in [5, 5.41) is 13.0. The van der Waals surface area contributed by atoms with Gasteiger partial charge in [-0.3, -0.25) is 9.69 Å². The van der Waals surface area contributed by atoms with Crippen molar-refractivity contribution < 1.29 is 27.8 Å². The van der Waals surface area contributed by atoms with Crippen molar-refractivity contribution in [3.63, 3.8) is 0 Å². The highest BCUT2D eigenvalue weighted by Gasteiger charge is 2.45.